The Kier molecular flexibility index (Phi) is 7.44. The van der Waals surface area contributed by atoms with Crippen molar-refractivity contribution in [2.75, 3.05) is 5.73 Å². The zero-order valence-electron chi connectivity index (χ0n) is 18.9. The quantitative estimate of drug-likeness (QED) is 0.340. The molecule has 0 aliphatic carbocycles. The number of aryl methyl sites for hydroxylation is 1. The number of fused-ring (bicyclic) bond motifs is 1. The zero-order chi connectivity index (χ0) is 25.5. The fourth-order valence-electron chi connectivity index (χ4n) is 3.32. The lowest BCUT2D eigenvalue weighted by atomic mass is 9.95. The number of allylic oxidation sites excluding steroid dienone is 1. The maximum atomic E-state index is 12.2. The molecule has 4 rings (SSSR count). The molecule has 7 N–H and O–H groups in total. The van der Waals surface area contributed by atoms with Crippen molar-refractivity contribution in [3.8, 4) is 28.7 Å². The van der Waals surface area contributed by atoms with Crippen molar-refractivity contribution in [1.82, 2.24) is 9.97 Å². The van der Waals surface area contributed by atoms with Gasteiger partial charge in [-0.1, -0.05) is 42.8 Å². The number of phenolic OH excluding ortho intramolecular Hbond substituents is 1. The van der Waals surface area contributed by atoms with Gasteiger partial charge in [0.15, 0.2) is 0 Å². The number of phenols is 1. The third-order valence-electron chi connectivity index (χ3n) is 4.90. The molecule has 0 saturated heterocycles. The van der Waals surface area contributed by atoms with E-state index in [1.165, 1.54) is 0 Å². The Morgan fingerprint density at radius 3 is 2.26 bits per heavy atom. The van der Waals surface area contributed by atoms with E-state index in [-0.39, 0.29) is 28.4 Å². The summed E-state index contributed by atoms with van der Waals surface area (Å²) in [5.74, 6) is 3.28. The van der Waals surface area contributed by atoms with Gasteiger partial charge in [-0.2, -0.15) is 0 Å². The van der Waals surface area contributed by atoms with E-state index in [9.17, 15) is 14.7 Å². The van der Waals surface area contributed by atoms with E-state index >= 15 is 0 Å². The summed E-state index contributed by atoms with van der Waals surface area (Å²) in [6.07, 6.45) is 1.79. The largest absolute Gasteiger partial charge is 0.508 e. The molecule has 0 aliphatic rings. The monoisotopic (exact) mass is 465 g/mol. The molecule has 0 unspecified atom stereocenters. The van der Waals surface area contributed by atoms with Gasteiger partial charge in [0.1, 0.15) is 11.6 Å². The molecule has 0 spiro atoms. The lowest BCUT2D eigenvalue weighted by Gasteiger charge is -2.13. The Morgan fingerprint density at radius 1 is 0.943 bits per heavy atom. The van der Waals surface area contributed by atoms with Crippen LogP contribution < -0.4 is 17.2 Å². The van der Waals surface area contributed by atoms with Crippen LogP contribution in [-0.2, 0) is 4.79 Å². The summed E-state index contributed by atoms with van der Waals surface area (Å²) in [4.78, 5) is 31.3. The second-order valence-electron chi connectivity index (χ2n) is 7.46. The average molecular weight is 466 g/mol. The van der Waals surface area contributed by atoms with E-state index in [2.05, 4.69) is 28.4 Å². The highest BCUT2D eigenvalue weighted by atomic mass is 16.3. The second kappa shape index (κ2) is 10.6. The fraction of sp³-hybridized carbons (Fsp3) is 0.0370. The lowest BCUT2D eigenvalue weighted by molar-refractivity contribution is -0.112. The predicted octanol–water partition coefficient (Wildman–Crippen LogP) is 3.18. The number of benzene rings is 2. The molecular formula is C27H23N5O3. The molecule has 2 aromatic carbocycles. The van der Waals surface area contributed by atoms with Crippen LogP contribution in [0, 0.1) is 18.8 Å². The summed E-state index contributed by atoms with van der Waals surface area (Å²) < 4.78 is 0. The smallest absolute Gasteiger partial charge is 0.293 e. The molecule has 0 saturated carbocycles. The van der Waals surface area contributed by atoms with Crippen molar-refractivity contribution in [3.05, 3.63) is 90.4 Å². The van der Waals surface area contributed by atoms with Crippen LogP contribution in [-0.4, -0.2) is 26.9 Å². The van der Waals surface area contributed by atoms with Gasteiger partial charge in [-0.25, -0.2) is 4.98 Å². The van der Waals surface area contributed by atoms with Gasteiger partial charge in [0, 0.05) is 34.2 Å². The molecule has 0 radical (unpaired) electrons. The molecule has 0 fully saturated rings. The molecule has 2 amide bonds. The van der Waals surface area contributed by atoms with E-state index in [0.29, 0.717) is 10.8 Å². The summed E-state index contributed by atoms with van der Waals surface area (Å²) in [5, 5.41) is 10.7. The third-order valence-corrected chi connectivity index (χ3v) is 4.90. The number of aromatic nitrogens is 2. The van der Waals surface area contributed by atoms with Crippen LogP contribution in [0.2, 0.25) is 0 Å². The second-order valence-corrected chi connectivity index (χ2v) is 7.46. The number of hydrogen-bond acceptors (Lipinski definition) is 6. The van der Waals surface area contributed by atoms with Crippen LogP contribution in [0.1, 0.15) is 21.7 Å². The summed E-state index contributed by atoms with van der Waals surface area (Å²) in [5.41, 5.74) is 19.5. The number of amides is 2. The van der Waals surface area contributed by atoms with Gasteiger partial charge in [0.25, 0.3) is 11.8 Å². The number of primary amides is 2. The number of nitrogens with two attached hydrogens (primary N) is 3. The number of anilines is 1. The molecule has 0 aliphatic heterocycles. The third kappa shape index (κ3) is 6.00. The molecule has 8 heteroatoms. The van der Waals surface area contributed by atoms with Crippen LogP contribution in [0.3, 0.4) is 0 Å². The first-order chi connectivity index (χ1) is 16.7. The van der Waals surface area contributed by atoms with E-state index < -0.39 is 11.8 Å². The number of hydrogen-bond donors (Lipinski definition) is 4. The molecule has 0 bridgehead atoms. The highest BCUT2D eigenvalue weighted by Gasteiger charge is 2.19. The minimum Gasteiger partial charge on any atom is -0.508 e. The number of pyridine rings is 2. The van der Waals surface area contributed by atoms with Crippen molar-refractivity contribution in [2.24, 2.45) is 11.5 Å². The van der Waals surface area contributed by atoms with Crippen molar-refractivity contribution in [2.45, 2.75) is 6.92 Å². The van der Waals surface area contributed by atoms with Crippen LogP contribution in [0.15, 0.2) is 73.4 Å². The molecule has 8 nitrogen and oxygen atoms in total. The van der Waals surface area contributed by atoms with Crippen LogP contribution in [0.25, 0.3) is 27.5 Å². The van der Waals surface area contributed by atoms with Crippen LogP contribution in [0.5, 0.6) is 5.75 Å². The Labute approximate surface area is 202 Å². The predicted molar refractivity (Wildman–Crippen MR) is 137 cm³/mol. The van der Waals surface area contributed by atoms with Gasteiger partial charge in [-0.05, 0) is 48.4 Å². The van der Waals surface area contributed by atoms with Crippen molar-refractivity contribution >= 4 is 34.0 Å². The highest BCUT2D eigenvalue weighted by molar-refractivity contribution is 6.13. The summed E-state index contributed by atoms with van der Waals surface area (Å²) in [6.45, 7) is 5.71. The molecular weight excluding hydrogens is 442 g/mol. The Balaban J connectivity index is 0.000000420. The number of carbonyl (C=O) groups is 2. The van der Waals surface area contributed by atoms with Crippen molar-refractivity contribution in [1.29, 1.82) is 0 Å². The van der Waals surface area contributed by atoms with Gasteiger partial charge in [-0.3, -0.25) is 14.6 Å². The molecule has 2 heterocycles. The minimum atomic E-state index is -0.846. The Hall–Kier alpha value is -5.16. The van der Waals surface area contributed by atoms with Crippen LogP contribution >= 0.6 is 0 Å². The SMILES string of the molecule is C=C(C#CC(N)=O)c1nc(N)c2ccc(-c3cccc(O)c3)cc2c1C(N)=O.Cc1ccccn1. The topological polar surface area (TPSA) is 158 Å². The maximum Gasteiger partial charge on any atom is 0.293 e. The molecule has 35 heavy (non-hydrogen) atoms. The molecule has 4 aromatic rings. The lowest BCUT2D eigenvalue weighted by Crippen LogP contribution is -2.16. The number of nitrogens with zero attached hydrogens (tertiary/aromatic N) is 2. The van der Waals surface area contributed by atoms with Crippen LogP contribution in [0.4, 0.5) is 5.82 Å². The Morgan fingerprint density at radius 2 is 1.69 bits per heavy atom. The average Bonchev–Trinajstić information content (AvgIpc) is 2.82. The molecule has 174 valence electrons. The van der Waals surface area contributed by atoms with Gasteiger partial charge < -0.3 is 22.3 Å². The number of nitrogen functional groups attached to an aromatic ring is 1. The van der Waals surface area contributed by atoms with E-state index in [0.717, 1.165) is 16.8 Å². The normalized spacial score (nSPS) is 9.86. The molecule has 0 atom stereocenters. The van der Waals surface area contributed by atoms with Gasteiger partial charge in [-0.15, -0.1) is 0 Å². The first-order valence-electron chi connectivity index (χ1n) is 10.4. The summed E-state index contributed by atoms with van der Waals surface area (Å²) in [6, 6.07) is 17.8. The first kappa shape index (κ1) is 24.5. The summed E-state index contributed by atoms with van der Waals surface area (Å²) >= 11 is 0. The number of rotatable bonds is 3. The van der Waals surface area contributed by atoms with Crippen molar-refractivity contribution in [3.63, 3.8) is 0 Å². The minimum absolute atomic E-state index is 0.0787. The van der Waals surface area contributed by atoms with Gasteiger partial charge in [0.2, 0.25) is 0 Å². The number of aromatic hydroxyl groups is 1. The molecule has 2 aromatic heterocycles. The van der Waals surface area contributed by atoms with Gasteiger partial charge in [0.05, 0.1) is 11.3 Å². The fourth-order valence-corrected chi connectivity index (χ4v) is 3.32. The van der Waals surface area contributed by atoms with Crippen molar-refractivity contribution < 1.29 is 14.7 Å². The first-order valence-corrected chi connectivity index (χ1v) is 10.4. The van der Waals surface area contributed by atoms with E-state index in [4.69, 9.17) is 17.2 Å². The van der Waals surface area contributed by atoms with Gasteiger partial charge >= 0.3 is 0 Å². The standard InChI is InChI=1S/C21H16N4O3.C6H7N/c1-11(5-8-17(22)27)19-18(21(24)28)16-10-13(6-7-15(16)20(23)25-19)12-3-2-4-14(26)9-12;1-6-4-2-3-5-7-6/h2-4,6-7,9-10,26H,1H2,(H2,22,27)(H2,23,25)(H2,24,28);2-5H,1H3. The maximum absolute atomic E-state index is 12.2. The van der Waals surface area contributed by atoms with E-state index in [1.807, 2.05) is 31.2 Å². The van der Waals surface area contributed by atoms with E-state index in [1.54, 1.807) is 42.6 Å². The number of carbonyl (C=O) groups excluding carboxylic acids is 2. The summed E-state index contributed by atoms with van der Waals surface area (Å²) in [7, 11) is 0. The highest BCUT2D eigenvalue weighted by Crippen LogP contribution is 2.33. The zero-order valence-corrected chi connectivity index (χ0v) is 18.9. The Bertz CT molecular complexity index is 1500.